The van der Waals surface area contributed by atoms with E-state index < -0.39 is 0 Å². The molecule has 2 saturated carbocycles. The van der Waals surface area contributed by atoms with Gasteiger partial charge in [-0.3, -0.25) is 4.90 Å². The van der Waals surface area contributed by atoms with Crippen LogP contribution in [-0.4, -0.2) is 36.6 Å². The Balaban J connectivity index is 1.62. The number of rotatable bonds is 4. The van der Waals surface area contributed by atoms with E-state index >= 15 is 0 Å². The molecular weight excluding hydrogens is 256 g/mol. The Morgan fingerprint density at radius 2 is 1.81 bits per heavy atom. The number of nitrogens with zero attached hydrogens (tertiary/aromatic N) is 1. The van der Waals surface area contributed by atoms with Crippen LogP contribution in [-0.2, 0) is 0 Å². The van der Waals surface area contributed by atoms with Gasteiger partial charge >= 0.3 is 0 Å². The van der Waals surface area contributed by atoms with E-state index in [2.05, 4.69) is 24.1 Å². The summed E-state index contributed by atoms with van der Waals surface area (Å²) in [6.45, 7) is 8.64. The van der Waals surface area contributed by atoms with E-state index in [0.717, 1.165) is 36.4 Å². The van der Waals surface area contributed by atoms with E-state index in [1.165, 1.54) is 70.9 Å². The van der Waals surface area contributed by atoms with E-state index in [1.54, 1.807) is 0 Å². The number of fused-ring (bicyclic) bond motifs is 1. The predicted molar refractivity (Wildman–Crippen MR) is 90.5 cm³/mol. The molecule has 21 heavy (non-hydrogen) atoms. The summed E-state index contributed by atoms with van der Waals surface area (Å²) in [7, 11) is 0. The van der Waals surface area contributed by atoms with Gasteiger partial charge in [-0.15, -0.1) is 0 Å². The molecule has 2 heteroatoms. The zero-order valence-corrected chi connectivity index (χ0v) is 14.3. The summed E-state index contributed by atoms with van der Waals surface area (Å²) in [4.78, 5) is 2.92. The van der Waals surface area contributed by atoms with Crippen molar-refractivity contribution in [1.82, 2.24) is 10.2 Å². The lowest BCUT2D eigenvalue weighted by Gasteiger charge is -2.47. The predicted octanol–water partition coefficient (Wildman–Crippen LogP) is 4.06. The zero-order chi connectivity index (χ0) is 14.7. The number of piperidine rings is 1. The highest BCUT2D eigenvalue weighted by Gasteiger charge is 2.36. The van der Waals surface area contributed by atoms with Gasteiger partial charge < -0.3 is 5.32 Å². The molecular formula is C19H36N2. The fourth-order valence-electron chi connectivity index (χ4n) is 5.49. The number of likely N-dealkylation sites (tertiary alicyclic amines) is 1. The van der Waals surface area contributed by atoms with E-state index in [0.29, 0.717) is 0 Å². The maximum atomic E-state index is 3.79. The summed E-state index contributed by atoms with van der Waals surface area (Å²) < 4.78 is 0. The van der Waals surface area contributed by atoms with Crippen molar-refractivity contribution in [3.63, 3.8) is 0 Å². The van der Waals surface area contributed by atoms with Gasteiger partial charge in [0.2, 0.25) is 0 Å². The number of hydrogen-bond acceptors (Lipinski definition) is 2. The minimum atomic E-state index is 0.787. The van der Waals surface area contributed by atoms with Gasteiger partial charge in [-0.1, -0.05) is 26.7 Å². The number of nitrogens with one attached hydrogen (secondary N) is 1. The van der Waals surface area contributed by atoms with Crippen LogP contribution < -0.4 is 5.32 Å². The molecule has 2 nitrogen and oxygen atoms in total. The molecule has 5 atom stereocenters. The van der Waals surface area contributed by atoms with Crippen LogP contribution in [0.25, 0.3) is 0 Å². The third kappa shape index (κ3) is 3.82. The van der Waals surface area contributed by atoms with Crippen molar-refractivity contribution in [1.29, 1.82) is 0 Å². The molecule has 1 aliphatic heterocycles. The SMILES string of the molecule is CCNC1CCC(C)CC1CN1CCC[C@H]2CCCC[C@H]21. The molecule has 0 aromatic heterocycles. The summed E-state index contributed by atoms with van der Waals surface area (Å²) in [5, 5.41) is 3.79. The van der Waals surface area contributed by atoms with Gasteiger partial charge in [0.15, 0.2) is 0 Å². The van der Waals surface area contributed by atoms with E-state index in [-0.39, 0.29) is 0 Å². The van der Waals surface area contributed by atoms with Crippen molar-refractivity contribution >= 4 is 0 Å². The molecule has 3 rings (SSSR count). The minimum Gasteiger partial charge on any atom is -0.314 e. The van der Waals surface area contributed by atoms with Crippen molar-refractivity contribution in [3.05, 3.63) is 0 Å². The second-order valence-electron chi connectivity index (χ2n) is 8.09. The van der Waals surface area contributed by atoms with Gasteiger partial charge in [0.05, 0.1) is 0 Å². The van der Waals surface area contributed by atoms with Gasteiger partial charge in [0, 0.05) is 18.6 Å². The van der Waals surface area contributed by atoms with E-state index in [4.69, 9.17) is 0 Å². The van der Waals surface area contributed by atoms with Gasteiger partial charge in [-0.2, -0.15) is 0 Å². The average molecular weight is 293 g/mol. The average Bonchev–Trinajstić information content (AvgIpc) is 2.50. The molecule has 2 aliphatic carbocycles. The molecule has 3 fully saturated rings. The standard InChI is InChI=1S/C19H36N2/c1-3-20-18-11-10-15(2)13-17(18)14-21-12-6-8-16-7-4-5-9-19(16)21/h15-20H,3-14H2,1-2H3/t15?,16-,17?,18?,19-/m1/s1. The summed E-state index contributed by atoms with van der Waals surface area (Å²) >= 11 is 0. The summed E-state index contributed by atoms with van der Waals surface area (Å²) in [5.41, 5.74) is 0. The Labute approximate surface area is 132 Å². The highest BCUT2D eigenvalue weighted by molar-refractivity contribution is 4.91. The maximum Gasteiger partial charge on any atom is 0.0124 e. The Morgan fingerprint density at radius 1 is 1.00 bits per heavy atom. The van der Waals surface area contributed by atoms with E-state index in [9.17, 15) is 0 Å². The van der Waals surface area contributed by atoms with Crippen molar-refractivity contribution < 1.29 is 0 Å². The lowest BCUT2D eigenvalue weighted by Crippen LogP contribution is -2.52. The van der Waals surface area contributed by atoms with Gasteiger partial charge in [-0.05, 0) is 75.8 Å². The third-order valence-corrected chi connectivity index (χ3v) is 6.54. The molecule has 3 unspecified atom stereocenters. The molecule has 0 bridgehead atoms. The normalized spacial score (nSPS) is 41.7. The Bertz CT molecular complexity index is 315. The van der Waals surface area contributed by atoms with Crippen LogP contribution in [0.15, 0.2) is 0 Å². The first-order valence-electron chi connectivity index (χ1n) is 9.75. The minimum absolute atomic E-state index is 0.787. The molecule has 0 aromatic carbocycles. The quantitative estimate of drug-likeness (QED) is 0.841. The molecule has 1 heterocycles. The fraction of sp³-hybridized carbons (Fsp3) is 1.00. The fourth-order valence-corrected chi connectivity index (χ4v) is 5.49. The van der Waals surface area contributed by atoms with Crippen LogP contribution >= 0.6 is 0 Å². The smallest absolute Gasteiger partial charge is 0.0124 e. The van der Waals surface area contributed by atoms with Crippen molar-refractivity contribution in [2.45, 2.75) is 83.7 Å². The lowest BCUT2D eigenvalue weighted by atomic mass is 9.75. The summed E-state index contributed by atoms with van der Waals surface area (Å²) in [6.07, 6.45) is 13.2. The molecule has 0 spiro atoms. The van der Waals surface area contributed by atoms with Gasteiger partial charge in [0.1, 0.15) is 0 Å². The maximum absolute atomic E-state index is 3.79. The van der Waals surface area contributed by atoms with Crippen LogP contribution in [0.1, 0.15) is 71.6 Å². The van der Waals surface area contributed by atoms with Crippen LogP contribution in [0.2, 0.25) is 0 Å². The second kappa shape index (κ2) is 7.46. The highest BCUT2D eigenvalue weighted by atomic mass is 15.2. The summed E-state index contributed by atoms with van der Waals surface area (Å²) in [5.74, 6) is 2.87. The first-order chi connectivity index (χ1) is 10.3. The van der Waals surface area contributed by atoms with Crippen LogP contribution in [0.4, 0.5) is 0 Å². The van der Waals surface area contributed by atoms with Crippen LogP contribution in [0.3, 0.4) is 0 Å². The Kier molecular flexibility index (Phi) is 5.61. The zero-order valence-electron chi connectivity index (χ0n) is 14.3. The molecule has 122 valence electrons. The number of hydrogen-bond donors (Lipinski definition) is 1. The highest BCUT2D eigenvalue weighted by Crippen LogP contribution is 2.37. The van der Waals surface area contributed by atoms with Gasteiger partial charge in [0.25, 0.3) is 0 Å². The Hall–Kier alpha value is -0.0800. The molecule has 1 saturated heterocycles. The van der Waals surface area contributed by atoms with Crippen LogP contribution in [0.5, 0.6) is 0 Å². The first kappa shape index (κ1) is 15.8. The Morgan fingerprint density at radius 3 is 2.67 bits per heavy atom. The monoisotopic (exact) mass is 292 g/mol. The molecule has 0 aromatic rings. The first-order valence-corrected chi connectivity index (χ1v) is 9.75. The van der Waals surface area contributed by atoms with E-state index in [1.807, 2.05) is 0 Å². The largest absolute Gasteiger partial charge is 0.314 e. The van der Waals surface area contributed by atoms with Gasteiger partial charge in [-0.25, -0.2) is 0 Å². The molecule has 1 N–H and O–H groups in total. The second-order valence-corrected chi connectivity index (χ2v) is 8.09. The van der Waals surface area contributed by atoms with Crippen molar-refractivity contribution in [2.24, 2.45) is 17.8 Å². The summed E-state index contributed by atoms with van der Waals surface area (Å²) in [6, 6.07) is 1.72. The van der Waals surface area contributed by atoms with Crippen LogP contribution in [0, 0.1) is 17.8 Å². The molecule has 0 radical (unpaired) electrons. The molecule has 3 aliphatic rings. The topological polar surface area (TPSA) is 15.3 Å². The lowest BCUT2D eigenvalue weighted by molar-refractivity contribution is 0.0326. The van der Waals surface area contributed by atoms with Crippen molar-refractivity contribution in [3.8, 4) is 0 Å². The molecule has 0 amide bonds. The van der Waals surface area contributed by atoms with Crippen molar-refractivity contribution in [2.75, 3.05) is 19.6 Å². The third-order valence-electron chi connectivity index (χ3n) is 6.54.